The second kappa shape index (κ2) is 4.26. The van der Waals surface area contributed by atoms with Gasteiger partial charge >= 0.3 is 0 Å². The minimum Gasteiger partial charge on any atom is -0.384 e. The number of hydrogen-bond donors (Lipinski definition) is 1. The molecular formula is C11H9BrOS. The lowest BCUT2D eigenvalue weighted by molar-refractivity contribution is 0.221. The van der Waals surface area contributed by atoms with Gasteiger partial charge in [-0.05, 0) is 40.1 Å². The van der Waals surface area contributed by atoms with E-state index < -0.39 is 6.10 Å². The smallest absolute Gasteiger partial charge is 0.105 e. The second-order valence-corrected chi connectivity index (χ2v) is 4.71. The quantitative estimate of drug-likeness (QED) is 0.883. The van der Waals surface area contributed by atoms with Crippen LogP contribution in [0.4, 0.5) is 0 Å². The fourth-order valence-electron chi connectivity index (χ4n) is 1.27. The number of rotatable bonds is 2. The van der Waals surface area contributed by atoms with Gasteiger partial charge in [0.1, 0.15) is 6.10 Å². The van der Waals surface area contributed by atoms with E-state index in [1.165, 1.54) is 0 Å². The molecule has 0 unspecified atom stereocenters. The summed E-state index contributed by atoms with van der Waals surface area (Å²) in [6.07, 6.45) is -0.505. The first-order chi connectivity index (χ1) is 6.77. The number of benzene rings is 1. The van der Waals surface area contributed by atoms with Gasteiger partial charge in [0.2, 0.25) is 0 Å². The van der Waals surface area contributed by atoms with Crippen molar-refractivity contribution >= 4 is 27.3 Å². The van der Waals surface area contributed by atoms with Crippen molar-refractivity contribution in [1.29, 1.82) is 0 Å². The minimum atomic E-state index is -0.505. The van der Waals surface area contributed by atoms with Gasteiger partial charge in [-0.1, -0.05) is 28.1 Å². The van der Waals surface area contributed by atoms with E-state index in [9.17, 15) is 5.11 Å². The predicted octanol–water partition coefficient (Wildman–Crippen LogP) is 3.59. The average molecular weight is 269 g/mol. The van der Waals surface area contributed by atoms with Gasteiger partial charge in [0.15, 0.2) is 0 Å². The Morgan fingerprint density at radius 1 is 1.07 bits per heavy atom. The molecule has 72 valence electrons. The van der Waals surface area contributed by atoms with Crippen molar-refractivity contribution in [3.8, 4) is 0 Å². The first kappa shape index (κ1) is 9.90. The molecule has 1 nitrogen and oxygen atoms in total. The Morgan fingerprint density at radius 2 is 1.79 bits per heavy atom. The largest absolute Gasteiger partial charge is 0.384 e. The molecule has 0 spiro atoms. The molecule has 0 aliphatic rings. The topological polar surface area (TPSA) is 20.2 Å². The predicted molar refractivity (Wildman–Crippen MR) is 62.5 cm³/mol. The van der Waals surface area contributed by atoms with Crippen LogP contribution in [-0.4, -0.2) is 5.11 Å². The Balaban J connectivity index is 2.28. The summed E-state index contributed by atoms with van der Waals surface area (Å²) in [6.45, 7) is 0. The highest BCUT2D eigenvalue weighted by Crippen LogP contribution is 2.24. The fraction of sp³-hybridized carbons (Fsp3) is 0.0909. The molecule has 0 radical (unpaired) electrons. The Hall–Kier alpha value is -0.640. The van der Waals surface area contributed by atoms with Gasteiger partial charge in [-0.25, -0.2) is 0 Å². The van der Waals surface area contributed by atoms with Gasteiger partial charge in [0.25, 0.3) is 0 Å². The summed E-state index contributed by atoms with van der Waals surface area (Å²) in [4.78, 5) is 0. The zero-order valence-corrected chi connectivity index (χ0v) is 9.75. The third kappa shape index (κ3) is 2.05. The molecule has 1 heterocycles. The number of aliphatic hydroxyl groups excluding tert-OH is 1. The Kier molecular flexibility index (Phi) is 3.01. The molecule has 2 aromatic rings. The zero-order valence-electron chi connectivity index (χ0n) is 7.35. The summed E-state index contributed by atoms with van der Waals surface area (Å²) in [7, 11) is 0. The summed E-state index contributed by atoms with van der Waals surface area (Å²) >= 11 is 4.96. The highest BCUT2D eigenvalue weighted by atomic mass is 79.9. The maximum Gasteiger partial charge on any atom is 0.105 e. The molecule has 0 amide bonds. The summed E-state index contributed by atoms with van der Waals surface area (Å²) in [6, 6.07) is 9.66. The maximum atomic E-state index is 9.96. The number of halogens is 1. The van der Waals surface area contributed by atoms with Gasteiger partial charge in [0.05, 0.1) is 0 Å². The van der Waals surface area contributed by atoms with E-state index in [0.717, 1.165) is 15.6 Å². The second-order valence-electron chi connectivity index (χ2n) is 3.01. The van der Waals surface area contributed by atoms with Crippen LogP contribution in [0.15, 0.2) is 45.6 Å². The molecule has 1 aromatic carbocycles. The van der Waals surface area contributed by atoms with Crippen molar-refractivity contribution in [2.75, 3.05) is 0 Å². The van der Waals surface area contributed by atoms with Crippen LogP contribution >= 0.6 is 27.3 Å². The lowest BCUT2D eigenvalue weighted by Crippen LogP contribution is -1.96. The van der Waals surface area contributed by atoms with Crippen molar-refractivity contribution in [3.05, 3.63) is 56.7 Å². The van der Waals surface area contributed by atoms with Gasteiger partial charge in [0, 0.05) is 4.47 Å². The lowest BCUT2D eigenvalue weighted by Gasteiger charge is -2.08. The van der Waals surface area contributed by atoms with E-state index in [1.807, 2.05) is 41.1 Å². The monoisotopic (exact) mass is 268 g/mol. The van der Waals surface area contributed by atoms with Crippen LogP contribution < -0.4 is 0 Å². The Morgan fingerprint density at radius 3 is 2.36 bits per heavy atom. The minimum absolute atomic E-state index is 0.505. The summed E-state index contributed by atoms with van der Waals surface area (Å²) in [5.41, 5.74) is 1.88. The van der Waals surface area contributed by atoms with Crippen LogP contribution in [0.25, 0.3) is 0 Å². The summed E-state index contributed by atoms with van der Waals surface area (Å²) in [5, 5.41) is 13.9. The van der Waals surface area contributed by atoms with Crippen molar-refractivity contribution < 1.29 is 5.11 Å². The first-order valence-electron chi connectivity index (χ1n) is 4.23. The highest BCUT2D eigenvalue weighted by Gasteiger charge is 2.09. The molecule has 1 aromatic heterocycles. The van der Waals surface area contributed by atoms with Gasteiger partial charge < -0.3 is 5.11 Å². The third-order valence-corrected chi connectivity index (χ3v) is 3.27. The van der Waals surface area contributed by atoms with Gasteiger partial charge in [-0.3, -0.25) is 0 Å². The maximum absolute atomic E-state index is 9.96. The molecule has 1 N–H and O–H groups in total. The van der Waals surface area contributed by atoms with Gasteiger partial charge in [-0.15, -0.1) is 0 Å². The molecule has 0 bridgehead atoms. The van der Waals surface area contributed by atoms with E-state index in [2.05, 4.69) is 15.9 Å². The summed E-state index contributed by atoms with van der Waals surface area (Å²) < 4.78 is 1.03. The standard InChI is InChI=1S/C11H9BrOS/c12-10-3-1-8(2-4-10)11(13)9-5-6-14-7-9/h1-7,11,13H/t11-/m0/s1. The van der Waals surface area contributed by atoms with Crippen molar-refractivity contribution in [2.45, 2.75) is 6.10 Å². The average Bonchev–Trinajstić information content (AvgIpc) is 2.71. The van der Waals surface area contributed by atoms with Crippen molar-refractivity contribution in [3.63, 3.8) is 0 Å². The van der Waals surface area contributed by atoms with Crippen LogP contribution in [0, 0.1) is 0 Å². The molecule has 0 aliphatic carbocycles. The fourth-order valence-corrected chi connectivity index (χ4v) is 2.21. The van der Waals surface area contributed by atoms with Crippen molar-refractivity contribution in [1.82, 2.24) is 0 Å². The molecule has 0 saturated heterocycles. The molecule has 0 saturated carbocycles. The Bertz CT molecular complexity index is 394. The van der Waals surface area contributed by atoms with Crippen LogP contribution in [0.1, 0.15) is 17.2 Å². The van der Waals surface area contributed by atoms with Gasteiger partial charge in [-0.2, -0.15) is 11.3 Å². The zero-order chi connectivity index (χ0) is 9.97. The molecule has 14 heavy (non-hydrogen) atoms. The van der Waals surface area contributed by atoms with Crippen LogP contribution in [0.5, 0.6) is 0 Å². The van der Waals surface area contributed by atoms with E-state index in [4.69, 9.17) is 0 Å². The summed E-state index contributed by atoms with van der Waals surface area (Å²) in [5.74, 6) is 0. The SMILES string of the molecule is O[C@@H](c1ccc(Br)cc1)c1ccsc1. The van der Waals surface area contributed by atoms with Crippen molar-refractivity contribution in [2.24, 2.45) is 0 Å². The lowest BCUT2D eigenvalue weighted by atomic mass is 10.1. The molecule has 0 aliphatic heterocycles. The first-order valence-corrected chi connectivity index (χ1v) is 5.96. The molecule has 2 rings (SSSR count). The Labute approximate surface area is 95.2 Å². The normalized spacial score (nSPS) is 12.7. The highest BCUT2D eigenvalue weighted by molar-refractivity contribution is 9.10. The van der Waals surface area contributed by atoms with E-state index in [1.54, 1.807) is 11.3 Å². The molecule has 3 heteroatoms. The number of aliphatic hydroxyl groups is 1. The van der Waals surface area contributed by atoms with Crippen LogP contribution in [-0.2, 0) is 0 Å². The third-order valence-electron chi connectivity index (χ3n) is 2.04. The van der Waals surface area contributed by atoms with E-state index >= 15 is 0 Å². The number of thiophene rings is 1. The molecular weight excluding hydrogens is 260 g/mol. The van der Waals surface area contributed by atoms with E-state index in [-0.39, 0.29) is 0 Å². The molecule has 0 fully saturated rings. The van der Waals surface area contributed by atoms with E-state index in [0.29, 0.717) is 0 Å². The van der Waals surface area contributed by atoms with Crippen LogP contribution in [0.2, 0.25) is 0 Å². The molecule has 1 atom stereocenters. The number of hydrogen-bond acceptors (Lipinski definition) is 2. The van der Waals surface area contributed by atoms with Crippen LogP contribution in [0.3, 0.4) is 0 Å².